The molecule has 0 aromatic heterocycles. The van der Waals surface area contributed by atoms with Crippen LogP contribution in [0.4, 0.5) is 13.2 Å². The lowest BCUT2D eigenvalue weighted by Gasteiger charge is -2.19. The van der Waals surface area contributed by atoms with Crippen molar-refractivity contribution in [3.8, 4) is 0 Å². The third-order valence-electron chi connectivity index (χ3n) is 2.23. The molecule has 2 nitrogen and oxygen atoms in total. The number of aliphatic hydroxyl groups is 1. The molecule has 18 heavy (non-hydrogen) atoms. The third-order valence-corrected chi connectivity index (χ3v) is 2.97. The highest BCUT2D eigenvalue weighted by Gasteiger charge is 2.37. The van der Waals surface area contributed by atoms with Crippen molar-refractivity contribution in [1.82, 2.24) is 0 Å². The van der Waals surface area contributed by atoms with Crippen LogP contribution in [-0.2, 0) is 0 Å². The Morgan fingerprint density at radius 3 is 2.22 bits per heavy atom. The van der Waals surface area contributed by atoms with Gasteiger partial charge in [0.15, 0.2) is 0 Å². The van der Waals surface area contributed by atoms with Gasteiger partial charge in [-0.15, -0.1) is 12.4 Å². The van der Waals surface area contributed by atoms with E-state index >= 15 is 0 Å². The molecule has 0 spiro atoms. The summed E-state index contributed by atoms with van der Waals surface area (Å²) < 4.78 is 36.6. The first-order valence-electron chi connectivity index (χ1n) is 4.67. The smallest absolute Gasteiger partial charge is 0.388 e. The zero-order valence-corrected chi connectivity index (χ0v) is 11.2. The highest BCUT2D eigenvalue weighted by Crippen LogP contribution is 2.30. The SMILES string of the molecule is Cl.N[C@@H](C[C@@H](O)c1ccc(Cl)c(Cl)c1)C(F)(F)F. The van der Waals surface area contributed by atoms with Crippen molar-refractivity contribution >= 4 is 35.6 Å². The minimum atomic E-state index is -4.53. The van der Waals surface area contributed by atoms with E-state index in [1.165, 1.54) is 18.2 Å². The fraction of sp³-hybridized carbons (Fsp3) is 0.400. The normalized spacial score (nSPS) is 14.8. The Morgan fingerprint density at radius 2 is 1.78 bits per heavy atom. The van der Waals surface area contributed by atoms with Gasteiger partial charge in [0.1, 0.15) is 6.04 Å². The predicted octanol–water partition coefficient (Wildman–Crippen LogP) is 3.73. The van der Waals surface area contributed by atoms with Crippen molar-refractivity contribution in [3.05, 3.63) is 33.8 Å². The fourth-order valence-electron chi connectivity index (χ4n) is 1.23. The zero-order chi connectivity index (χ0) is 13.2. The summed E-state index contributed by atoms with van der Waals surface area (Å²) in [4.78, 5) is 0. The van der Waals surface area contributed by atoms with Crippen molar-refractivity contribution in [2.24, 2.45) is 5.73 Å². The van der Waals surface area contributed by atoms with Crippen molar-refractivity contribution in [2.75, 3.05) is 0 Å². The van der Waals surface area contributed by atoms with Crippen molar-refractivity contribution in [1.29, 1.82) is 0 Å². The summed E-state index contributed by atoms with van der Waals surface area (Å²) in [5, 5.41) is 10.0. The molecule has 8 heteroatoms. The number of rotatable bonds is 3. The van der Waals surface area contributed by atoms with Gasteiger partial charge < -0.3 is 10.8 Å². The van der Waals surface area contributed by atoms with Crippen LogP contribution in [0, 0.1) is 0 Å². The summed E-state index contributed by atoms with van der Waals surface area (Å²) >= 11 is 11.3. The van der Waals surface area contributed by atoms with E-state index in [1.807, 2.05) is 0 Å². The second-order valence-electron chi connectivity index (χ2n) is 3.57. The van der Waals surface area contributed by atoms with Crippen molar-refractivity contribution in [2.45, 2.75) is 24.7 Å². The zero-order valence-electron chi connectivity index (χ0n) is 8.92. The molecule has 0 aliphatic carbocycles. The van der Waals surface area contributed by atoms with E-state index in [-0.39, 0.29) is 28.0 Å². The molecule has 0 bridgehead atoms. The maximum absolute atomic E-state index is 12.2. The van der Waals surface area contributed by atoms with Crippen LogP contribution >= 0.6 is 35.6 Å². The van der Waals surface area contributed by atoms with Crippen molar-refractivity contribution < 1.29 is 18.3 Å². The van der Waals surface area contributed by atoms with Crippen molar-refractivity contribution in [3.63, 3.8) is 0 Å². The molecule has 0 heterocycles. The molecule has 1 aromatic carbocycles. The van der Waals surface area contributed by atoms with E-state index < -0.39 is 24.7 Å². The number of nitrogens with two attached hydrogens (primary N) is 1. The summed E-state index contributed by atoms with van der Waals surface area (Å²) in [5.74, 6) is 0. The minimum absolute atomic E-state index is 0. The molecule has 0 saturated heterocycles. The molecule has 0 aliphatic rings. The first-order valence-corrected chi connectivity index (χ1v) is 5.42. The summed E-state index contributed by atoms with van der Waals surface area (Å²) in [6.07, 6.45) is -6.49. The van der Waals surface area contributed by atoms with E-state index in [0.717, 1.165) is 0 Å². The number of halogens is 6. The lowest BCUT2D eigenvalue weighted by atomic mass is 10.0. The molecule has 0 unspecified atom stereocenters. The molecular weight excluding hydrogens is 313 g/mol. The van der Waals surface area contributed by atoms with Crippen LogP contribution in [0.15, 0.2) is 18.2 Å². The Morgan fingerprint density at radius 1 is 1.22 bits per heavy atom. The maximum Gasteiger partial charge on any atom is 0.403 e. The molecule has 3 N–H and O–H groups in total. The monoisotopic (exact) mass is 323 g/mol. The average Bonchev–Trinajstić information content (AvgIpc) is 2.20. The summed E-state index contributed by atoms with van der Waals surface area (Å²) in [6, 6.07) is 2.05. The summed E-state index contributed by atoms with van der Waals surface area (Å²) in [5.41, 5.74) is 5.16. The van der Waals surface area contributed by atoms with Crippen LogP contribution in [0.25, 0.3) is 0 Å². The Hall–Kier alpha value is -0.200. The molecule has 104 valence electrons. The van der Waals surface area contributed by atoms with Gasteiger partial charge in [-0.3, -0.25) is 0 Å². The highest BCUT2D eigenvalue weighted by molar-refractivity contribution is 6.42. The lowest BCUT2D eigenvalue weighted by Crippen LogP contribution is -2.38. The first kappa shape index (κ1) is 17.8. The van der Waals surface area contributed by atoms with Gasteiger partial charge in [-0.05, 0) is 17.7 Å². The Balaban J connectivity index is 0.00000289. The van der Waals surface area contributed by atoms with Gasteiger partial charge in [-0.2, -0.15) is 13.2 Å². The Bertz CT molecular complexity index is 400. The molecule has 0 fully saturated rings. The van der Waals surface area contributed by atoms with Crippen LogP contribution in [0.1, 0.15) is 18.1 Å². The number of aliphatic hydroxyl groups excluding tert-OH is 1. The highest BCUT2D eigenvalue weighted by atomic mass is 35.5. The second kappa shape index (κ2) is 6.82. The Kier molecular flexibility index (Phi) is 6.74. The van der Waals surface area contributed by atoms with Gasteiger partial charge in [0, 0.05) is 6.42 Å². The van der Waals surface area contributed by atoms with Gasteiger partial charge in [0.2, 0.25) is 0 Å². The largest absolute Gasteiger partial charge is 0.403 e. The molecule has 0 radical (unpaired) electrons. The second-order valence-corrected chi connectivity index (χ2v) is 4.39. The molecule has 2 atom stereocenters. The lowest BCUT2D eigenvalue weighted by molar-refractivity contribution is -0.153. The molecule has 0 aliphatic heterocycles. The predicted molar refractivity (Wildman–Crippen MR) is 67.3 cm³/mol. The topological polar surface area (TPSA) is 46.2 Å². The van der Waals surface area contributed by atoms with Crippen LogP contribution in [0.2, 0.25) is 10.0 Å². The molecule has 0 amide bonds. The van der Waals surface area contributed by atoms with Crippen LogP contribution in [0.3, 0.4) is 0 Å². The number of hydrogen-bond acceptors (Lipinski definition) is 2. The first-order chi connectivity index (χ1) is 7.71. The van der Waals surface area contributed by atoms with Gasteiger partial charge in [0.25, 0.3) is 0 Å². The maximum atomic E-state index is 12.2. The Labute approximate surface area is 118 Å². The van der Waals surface area contributed by atoms with Crippen LogP contribution in [0.5, 0.6) is 0 Å². The average molecular weight is 325 g/mol. The van der Waals surface area contributed by atoms with Gasteiger partial charge in [0.05, 0.1) is 16.1 Å². The van der Waals surface area contributed by atoms with E-state index in [4.69, 9.17) is 28.9 Å². The molecule has 0 saturated carbocycles. The fourth-order valence-corrected chi connectivity index (χ4v) is 1.54. The van der Waals surface area contributed by atoms with E-state index in [9.17, 15) is 18.3 Å². The van der Waals surface area contributed by atoms with E-state index in [2.05, 4.69) is 0 Å². The standard InChI is InChI=1S/C10H10Cl2F3NO.ClH/c11-6-2-1-5(3-7(6)12)8(17)4-9(16)10(13,14)15;/h1-3,8-9,17H,4,16H2;1H/t8-,9+;/m1./s1. The van der Waals surface area contributed by atoms with E-state index in [0.29, 0.717) is 0 Å². The number of hydrogen-bond donors (Lipinski definition) is 2. The quantitative estimate of drug-likeness (QED) is 0.890. The van der Waals surface area contributed by atoms with Crippen LogP contribution in [-0.4, -0.2) is 17.3 Å². The minimum Gasteiger partial charge on any atom is -0.388 e. The summed E-state index contributed by atoms with van der Waals surface area (Å²) in [6.45, 7) is 0. The molecule has 1 aromatic rings. The number of alkyl halides is 3. The van der Waals surface area contributed by atoms with E-state index in [1.54, 1.807) is 0 Å². The number of benzene rings is 1. The molecular formula is C10H11Cl3F3NO. The molecule has 1 rings (SSSR count). The summed E-state index contributed by atoms with van der Waals surface area (Å²) in [7, 11) is 0. The van der Waals surface area contributed by atoms with Gasteiger partial charge >= 0.3 is 6.18 Å². The van der Waals surface area contributed by atoms with Crippen LogP contribution < -0.4 is 5.73 Å². The van der Waals surface area contributed by atoms with Gasteiger partial charge in [-0.1, -0.05) is 29.3 Å². The van der Waals surface area contributed by atoms with Gasteiger partial charge in [-0.25, -0.2) is 0 Å². The third kappa shape index (κ3) is 4.82.